The highest BCUT2D eigenvalue weighted by Crippen LogP contribution is 2.16. The number of carbonyl (C=O) groups excluding carboxylic acids is 1. The number of imidazole rings is 1. The lowest BCUT2D eigenvalue weighted by molar-refractivity contribution is -0.159. The van der Waals surface area contributed by atoms with Gasteiger partial charge in [-0.05, 0) is 20.8 Å². The van der Waals surface area contributed by atoms with E-state index in [1.165, 1.54) is 0 Å². The van der Waals surface area contributed by atoms with Gasteiger partial charge in [-0.1, -0.05) is 0 Å². The number of carbonyl (C=O) groups is 2. The number of nitrogens with zero attached hydrogens (tertiary/aromatic N) is 2. The van der Waals surface area contributed by atoms with Crippen molar-refractivity contribution in [2.75, 3.05) is 0 Å². The fraction of sp³-hybridized carbons (Fsp3) is 0.615. The van der Waals surface area contributed by atoms with Gasteiger partial charge < -0.3 is 14.4 Å². The summed E-state index contributed by atoms with van der Waals surface area (Å²) in [4.78, 5) is 26.8. The third-order valence-corrected chi connectivity index (χ3v) is 2.55. The molecule has 106 valence electrons. The van der Waals surface area contributed by atoms with Crippen molar-refractivity contribution in [2.24, 2.45) is 13.0 Å². The maximum absolute atomic E-state index is 11.7. The third kappa shape index (κ3) is 5.11. The number of aromatic nitrogens is 2. The molecule has 0 aliphatic heterocycles. The van der Waals surface area contributed by atoms with Crippen molar-refractivity contribution in [1.29, 1.82) is 0 Å². The first-order valence-corrected chi connectivity index (χ1v) is 6.09. The first kappa shape index (κ1) is 15.2. The zero-order valence-electron chi connectivity index (χ0n) is 11.7. The van der Waals surface area contributed by atoms with Crippen LogP contribution in [0, 0.1) is 5.92 Å². The molecule has 1 N–H and O–H groups in total. The zero-order valence-corrected chi connectivity index (χ0v) is 11.7. The first-order chi connectivity index (χ1) is 8.69. The molecule has 0 radical (unpaired) electrons. The highest BCUT2D eigenvalue weighted by Gasteiger charge is 2.26. The Bertz CT molecular complexity index is 459. The predicted octanol–water partition coefficient (Wildman–Crippen LogP) is 1.40. The van der Waals surface area contributed by atoms with Gasteiger partial charge >= 0.3 is 11.9 Å². The Morgan fingerprint density at radius 3 is 2.53 bits per heavy atom. The van der Waals surface area contributed by atoms with E-state index in [0.717, 1.165) is 5.69 Å². The molecule has 0 spiro atoms. The van der Waals surface area contributed by atoms with Crippen LogP contribution in [0.1, 0.15) is 32.9 Å². The Balaban J connectivity index is 2.67. The second-order valence-electron chi connectivity index (χ2n) is 5.53. The van der Waals surface area contributed by atoms with Gasteiger partial charge in [-0.25, -0.2) is 4.98 Å². The van der Waals surface area contributed by atoms with Crippen molar-refractivity contribution in [2.45, 2.75) is 39.2 Å². The number of carboxylic acid groups (broad SMARTS) is 1. The minimum Gasteiger partial charge on any atom is -0.481 e. The van der Waals surface area contributed by atoms with Crippen LogP contribution in [0.5, 0.6) is 0 Å². The fourth-order valence-electron chi connectivity index (χ4n) is 1.66. The molecular formula is C13H20N2O4. The van der Waals surface area contributed by atoms with E-state index in [9.17, 15) is 14.7 Å². The molecule has 0 bridgehead atoms. The Morgan fingerprint density at radius 1 is 1.47 bits per heavy atom. The molecule has 1 heterocycles. The van der Waals surface area contributed by atoms with Gasteiger partial charge in [0.25, 0.3) is 0 Å². The molecule has 0 fully saturated rings. The smallest absolute Gasteiger partial charge is 0.307 e. The van der Waals surface area contributed by atoms with Crippen molar-refractivity contribution >= 4 is 11.9 Å². The Hall–Kier alpha value is -1.85. The summed E-state index contributed by atoms with van der Waals surface area (Å²) in [5.74, 6) is -2.31. The zero-order chi connectivity index (χ0) is 14.6. The van der Waals surface area contributed by atoms with Gasteiger partial charge in [-0.15, -0.1) is 0 Å². The molecule has 1 aromatic rings. The molecule has 0 saturated heterocycles. The lowest BCUT2D eigenvalue weighted by Gasteiger charge is -2.21. The van der Waals surface area contributed by atoms with Gasteiger partial charge in [0.2, 0.25) is 0 Å². The molecule has 0 saturated carbocycles. The van der Waals surface area contributed by atoms with Crippen LogP contribution in [0.3, 0.4) is 0 Å². The van der Waals surface area contributed by atoms with Gasteiger partial charge in [-0.3, -0.25) is 9.59 Å². The van der Waals surface area contributed by atoms with Gasteiger partial charge in [0.1, 0.15) is 5.60 Å². The van der Waals surface area contributed by atoms with E-state index >= 15 is 0 Å². The maximum atomic E-state index is 11.7. The lowest BCUT2D eigenvalue weighted by Crippen LogP contribution is -2.28. The molecule has 0 aliphatic carbocycles. The molecule has 0 amide bonds. The summed E-state index contributed by atoms with van der Waals surface area (Å²) in [6.07, 6.45) is 3.32. The standard InChI is InChI=1S/C13H20N2O4/c1-13(2,3)19-11(16)6-9(12(17)18)5-10-7-14-8-15(10)4/h7-9H,5-6H2,1-4H3,(H,17,18)/t9-/m1/s1. The lowest BCUT2D eigenvalue weighted by atomic mass is 9.99. The van der Waals surface area contributed by atoms with E-state index in [1.807, 2.05) is 0 Å². The fourth-order valence-corrected chi connectivity index (χ4v) is 1.66. The Morgan fingerprint density at radius 2 is 2.11 bits per heavy atom. The van der Waals surface area contributed by atoms with Gasteiger partial charge in [0.05, 0.1) is 18.7 Å². The number of carboxylic acids is 1. The van der Waals surface area contributed by atoms with Crippen molar-refractivity contribution in [3.05, 3.63) is 18.2 Å². The third-order valence-electron chi connectivity index (χ3n) is 2.55. The van der Waals surface area contributed by atoms with Crippen LogP contribution in [0.25, 0.3) is 0 Å². The van der Waals surface area contributed by atoms with Gasteiger partial charge in [0.15, 0.2) is 0 Å². The van der Waals surface area contributed by atoms with E-state index in [0.29, 0.717) is 0 Å². The second-order valence-corrected chi connectivity index (χ2v) is 5.53. The Labute approximate surface area is 112 Å². The highest BCUT2D eigenvalue weighted by molar-refractivity contribution is 5.79. The normalized spacial score (nSPS) is 13.1. The first-order valence-electron chi connectivity index (χ1n) is 6.09. The van der Waals surface area contributed by atoms with Crippen molar-refractivity contribution < 1.29 is 19.4 Å². The van der Waals surface area contributed by atoms with E-state index in [1.54, 1.807) is 44.9 Å². The number of hydrogen-bond acceptors (Lipinski definition) is 4. The summed E-state index contributed by atoms with van der Waals surface area (Å²) in [7, 11) is 1.79. The number of aryl methyl sites for hydroxylation is 1. The minimum atomic E-state index is -1.01. The topological polar surface area (TPSA) is 81.4 Å². The van der Waals surface area contributed by atoms with Crippen LogP contribution in [0.4, 0.5) is 0 Å². The molecule has 1 aromatic heterocycles. The van der Waals surface area contributed by atoms with E-state index in [2.05, 4.69) is 4.98 Å². The Kier molecular flexibility index (Phi) is 4.69. The average Bonchev–Trinajstić information content (AvgIpc) is 2.60. The number of rotatable bonds is 5. The van der Waals surface area contributed by atoms with E-state index in [4.69, 9.17) is 4.74 Å². The highest BCUT2D eigenvalue weighted by atomic mass is 16.6. The molecule has 0 aliphatic rings. The van der Waals surface area contributed by atoms with Crippen LogP contribution in [-0.4, -0.2) is 32.2 Å². The molecule has 19 heavy (non-hydrogen) atoms. The minimum absolute atomic E-state index is 0.141. The predicted molar refractivity (Wildman–Crippen MR) is 68.5 cm³/mol. The molecule has 1 rings (SSSR count). The summed E-state index contributed by atoms with van der Waals surface area (Å²) in [5, 5.41) is 9.17. The maximum Gasteiger partial charge on any atom is 0.307 e. The largest absolute Gasteiger partial charge is 0.481 e. The number of ether oxygens (including phenoxy) is 1. The van der Waals surface area contributed by atoms with E-state index in [-0.39, 0.29) is 12.8 Å². The summed E-state index contributed by atoms with van der Waals surface area (Å²) < 4.78 is 6.88. The summed E-state index contributed by atoms with van der Waals surface area (Å²) >= 11 is 0. The summed E-state index contributed by atoms with van der Waals surface area (Å²) in [5.41, 5.74) is 0.170. The van der Waals surface area contributed by atoms with Crippen LogP contribution >= 0.6 is 0 Å². The van der Waals surface area contributed by atoms with Crippen LogP contribution in [0.2, 0.25) is 0 Å². The van der Waals surface area contributed by atoms with Crippen molar-refractivity contribution in [1.82, 2.24) is 9.55 Å². The monoisotopic (exact) mass is 268 g/mol. The van der Waals surface area contributed by atoms with Gasteiger partial charge in [-0.2, -0.15) is 0 Å². The molecule has 0 unspecified atom stereocenters. The van der Waals surface area contributed by atoms with Crippen LogP contribution in [0.15, 0.2) is 12.5 Å². The summed E-state index contributed by atoms with van der Waals surface area (Å²) in [6.45, 7) is 5.26. The van der Waals surface area contributed by atoms with Crippen LogP contribution in [-0.2, 0) is 27.8 Å². The molecule has 6 nitrogen and oxygen atoms in total. The van der Waals surface area contributed by atoms with Crippen LogP contribution < -0.4 is 0 Å². The molecule has 6 heteroatoms. The number of esters is 1. The van der Waals surface area contributed by atoms with Crippen molar-refractivity contribution in [3.8, 4) is 0 Å². The summed E-state index contributed by atoms with van der Waals surface area (Å²) in [6, 6.07) is 0. The van der Waals surface area contributed by atoms with Crippen molar-refractivity contribution in [3.63, 3.8) is 0 Å². The second kappa shape index (κ2) is 5.86. The number of aliphatic carboxylic acids is 1. The molecular weight excluding hydrogens is 248 g/mol. The quantitative estimate of drug-likeness (QED) is 0.816. The molecule has 1 atom stereocenters. The SMILES string of the molecule is Cn1cncc1C[C@H](CC(=O)OC(C)(C)C)C(=O)O. The molecule has 0 aromatic carbocycles. The average molecular weight is 268 g/mol. The van der Waals surface area contributed by atoms with E-state index < -0.39 is 23.5 Å². The van der Waals surface area contributed by atoms with Gasteiger partial charge in [0, 0.05) is 25.4 Å². The number of hydrogen-bond donors (Lipinski definition) is 1.